The van der Waals surface area contributed by atoms with Crippen LogP contribution < -0.4 is 5.32 Å². The zero-order valence-electron chi connectivity index (χ0n) is 9.75. The van der Waals surface area contributed by atoms with Gasteiger partial charge in [0.25, 0.3) is 0 Å². The lowest BCUT2D eigenvalue weighted by molar-refractivity contribution is 0.0770. The number of nitrogens with zero attached hydrogens (tertiary/aromatic N) is 1. The van der Waals surface area contributed by atoms with E-state index in [0.717, 1.165) is 36.8 Å². The molecular formula is C11H20N2OS. The Bertz CT molecular complexity index is 273. The molecule has 0 spiro atoms. The molecule has 0 saturated heterocycles. The molecule has 1 heterocycles. The highest BCUT2D eigenvalue weighted by Gasteiger charge is 1.97. The van der Waals surface area contributed by atoms with Gasteiger partial charge in [0.1, 0.15) is 0 Å². The van der Waals surface area contributed by atoms with Crippen molar-refractivity contribution in [3.63, 3.8) is 0 Å². The molecule has 0 amide bonds. The maximum Gasteiger partial charge on any atom is 0.0897 e. The average molecular weight is 228 g/mol. The first-order chi connectivity index (χ1) is 7.18. The molecular weight excluding hydrogens is 208 g/mol. The average Bonchev–Trinajstić information content (AvgIpc) is 2.57. The molecule has 4 heteroatoms. The fourth-order valence-corrected chi connectivity index (χ4v) is 1.83. The van der Waals surface area contributed by atoms with Gasteiger partial charge in [-0.1, -0.05) is 0 Å². The summed E-state index contributed by atoms with van der Waals surface area (Å²) in [5, 5.41) is 6.59. The summed E-state index contributed by atoms with van der Waals surface area (Å²) in [6.45, 7) is 8.84. The Kier molecular flexibility index (Phi) is 5.83. The van der Waals surface area contributed by atoms with Gasteiger partial charge in [0.05, 0.1) is 16.8 Å². The highest BCUT2D eigenvalue weighted by atomic mass is 32.1. The Balaban J connectivity index is 1.98. The second-order valence-corrected chi connectivity index (χ2v) is 4.87. The van der Waals surface area contributed by atoms with Gasteiger partial charge < -0.3 is 10.1 Å². The van der Waals surface area contributed by atoms with E-state index in [-0.39, 0.29) is 0 Å². The van der Waals surface area contributed by atoms with E-state index in [1.807, 2.05) is 6.92 Å². The van der Waals surface area contributed by atoms with E-state index in [9.17, 15) is 0 Å². The van der Waals surface area contributed by atoms with E-state index >= 15 is 0 Å². The Labute approximate surface area is 95.9 Å². The first kappa shape index (κ1) is 12.6. The minimum absolute atomic E-state index is 0.339. The zero-order chi connectivity index (χ0) is 11.1. The number of thiazole rings is 1. The molecule has 1 N–H and O–H groups in total. The van der Waals surface area contributed by atoms with Gasteiger partial charge in [0, 0.05) is 18.5 Å². The van der Waals surface area contributed by atoms with Gasteiger partial charge >= 0.3 is 0 Å². The third kappa shape index (κ3) is 5.87. The summed E-state index contributed by atoms with van der Waals surface area (Å²) in [7, 11) is 0. The van der Waals surface area contributed by atoms with E-state index in [4.69, 9.17) is 4.74 Å². The van der Waals surface area contributed by atoms with Gasteiger partial charge in [0.15, 0.2) is 0 Å². The molecule has 0 aliphatic heterocycles. The summed E-state index contributed by atoms with van der Waals surface area (Å²) < 4.78 is 5.44. The Morgan fingerprint density at radius 1 is 1.53 bits per heavy atom. The number of nitrogens with one attached hydrogen (secondary N) is 1. The number of hydrogen-bond acceptors (Lipinski definition) is 4. The van der Waals surface area contributed by atoms with E-state index < -0.39 is 0 Å². The lowest BCUT2D eigenvalue weighted by Crippen LogP contribution is -2.17. The summed E-state index contributed by atoms with van der Waals surface area (Å²) in [6.07, 6.45) is 1.40. The number of hydrogen-bond donors (Lipinski definition) is 1. The second-order valence-electron chi connectivity index (χ2n) is 3.81. The summed E-state index contributed by atoms with van der Waals surface area (Å²) in [5.74, 6) is 0. The minimum atomic E-state index is 0.339. The van der Waals surface area contributed by atoms with Crippen molar-refractivity contribution in [2.24, 2.45) is 0 Å². The number of rotatable bonds is 7. The van der Waals surface area contributed by atoms with E-state index in [1.165, 1.54) is 0 Å². The van der Waals surface area contributed by atoms with Crippen molar-refractivity contribution in [2.45, 2.75) is 39.8 Å². The summed E-state index contributed by atoms with van der Waals surface area (Å²) >= 11 is 1.70. The molecule has 15 heavy (non-hydrogen) atoms. The molecule has 0 unspecified atom stereocenters. The molecule has 1 aromatic rings. The number of ether oxygens (including phenoxy) is 1. The highest BCUT2D eigenvalue weighted by molar-refractivity contribution is 7.09. The molecule has 1 aromatic heterocycles. The van der Waals surface area contributed by atoms with Crippen LogP contribution in [0.3, 0.4) is 0 Å². The third-order valence-corrected chi connectivity index (χ3v) is 2.74. The molecule has 0 saturated carbocycles. The largest absolute Gasteiger partial charge is 0.379 e. The van der Waals surface area contributed by atoms with Crippen LogP contribution in [0.25, 0.3) is 0 Å². The molecule has 3 nitrogen and oxygen atoms in total. The van der Waals surface area contributed by atoms with Crippen LogP contribution in [0.2, 0.25) is 0 Å². The van der Waals surface area contributed by atoms with Crippen molar-refractivity contribution in [3.8, 4) is 0 Å². The fraction of sp³-hybridized carbons (Fsp3) is 0.727. The quantitative estimate of drug-likeness (QED) is 0.727. The van der Waals surface area contributed by atoms with Gasteiger partial charge in [-0.05, 0) is 33.7 Å². The normalized spacial score (nSPS) is 11.2. The van der Waals surface area contributed by atoms with Crippen molar-refractivity contribution < 1.29 is 4.74 Å². The van der Waals surface area contributed by atoms with Crippen LogP contribution in [-0.2, 0) is 11.3 Å². The summed E-state index contributed by atoms with van der Waals surface area (Å²) in [5.41, 5.74) is 1.14. The predicted molar refractivity (Wildman–Crippen MR) is 64.3 cm³/mol. The lowest BCUT2D eigenvalue weighted by atomic mass is 10.4. The van der Waals surface area contributed by atoms with E-state index in [0.29, 0.717) is 6.10 Å². The predicted octanol–water partition coefficient (Wildman–Crippen LogP) is 2.36. The number of aromatic nitrogens is 1. The highest BCUT2D eigenvalue weighted by Crippen LogP contribution is 2.06. The van der Waals surface area contributed by atoms with Crippen molar-refractivity contribution in [1.82, 2.24) is 10.3 Å². The summed E-state index contributed by atoms with van der Waals surface area (Å²) in [6, 6.07) is 0. The maximum absolute atomic E-state index is 5.44. The minimum Gasteiger partial charge on any atom is -0.379 e. The van der Waals surface area contributed by atoms with Gasteiger partial charge in [-0.2, -0.15) is 0 Å². The molecule has 0 atom stereocenters. The van der Waals surface area contributed by atoms with Crippen LogP contribution >= 0.6 is 11.3 Å². The Hall–Kier alpha value is -0.450. The fourth-order valence-electron chi connectivity index (χ4n) is 1.22. The third-order valence-electron chi connectivity index (χ3n) is 1.92. The van der Waals surface area contributed by atoms with Gasteiger partial charge in [-0.15, -0.1) is 11.3 Å². The van der Waals surface area contributed by atoms with Crippen molar-refractivity contribution >= 4 is 11.3 Å². The number of aryl methyl sites for hydroxylation is 1. The van der Waals surface area contributed by atoms with Gasteiger partial charge in [0.2, 0.25) is 0 Å². The summed E-state index contributed by atoms with van der Waals surface area (Å²) in [4.78, 5) is 4.38. The van der Waals surface area contributed by atoms with Crippen LogP contribution in [0.15, 0.2) is 5.38 Å². The second kappa shape index (κ2) is 6.93. The van der Waals surface area contributed by atoms with E-state index in [2.05, 4.69) is 29.5 Å². The SMILES string of the molecule is Cc1nc(CNCCCOC(C)C)cs1. The van der Waals surface area contributed by atoms with Crippen molar-refractivity contribution in [1.29, 1.82) is 0 Å². The van der Waals surface area contributed by atoms with E-state index in [1.54, 1.807) is 11.3 Å². The molecule has 0 fully saturated rings. The zero-order valence-corrected chi connectivity index (χ0v) is 10.6. The molecule has 0 aliphatic carbocycles. The van der Waals surface area contributed by atoms with Crippen LogP contribution in [0.1, 0.15) is 31.0 Å². The van der Waals surface area contributed by atoms with Crippen LogP contribution in [0.4, 0.5) is 0 Å². The molecule has 0 radical (unpaired) electrons. The molecule has 0 aliphatic rings. The first-order valence-electron chi connectivity index (χ1n) is 5.42. The first-order valence-corrected chi connectivity index (χ1v) is 6.30. The van der Waals surface area contributed by atoms with Crippen LogP contribution in [0, 0.1) is 6.92 Å². The Morgan fingerprint density at radius 2 is 2.33 bits per heavy atom. The molecule has 86 valence electrons. The van der Waals surface area contributed by atoms with Crippen molar-refractivity contribution in [2.75, 3.05) is 13.2 Å². The standard InChI is InChI=1S/C11H20N2OS/c1-9(2)14-6-4-5-12-7-11-8-15-10(3)13-11/h8-9,12H,4-7H2,1-3H3. The van der Waals surface area contributed by atoms with Crippen molar-refractivity contribution in [3.05, 3.63) is 16.1 Å². The molecule has 1 rings (SSSR count). The van der Waals surface area contributed by atoms with Crippen LogP contribution in [0.5, 0.6) is 0 Å². The lowest BCUT2D eigenvalue weighted by Gasteiger charge is -2.07. The Morgan fingerprint density at radius 3 is 2.93 bits per heavy atom. The van der Waals surface area contributed by atoms with Crippen LogP contribution in [-0.4, -0.2) is 24.2 Å². The molecule has 0 bridgehead atoms. The van der Waals surface area contributed by atoms with Gasteiger partial charge in [-0.25, -0.2) is 4.98 Å². The topological polar surface area (TPSA) is 34.2 Å². The smallest absolute Gasteiger partial charge is 0.0897 e. The molecule has 0 aromatic carbocycles. The maximum atomic E-state index is 5.44. The monoisotopic (exact) mass is 228 g/mol. The van der Waals surface area contributed by atoms with Gasteiger partial charge in [-0.3, -0.25) is 0 Å².